The van der Waals surface area contributed by atoms with E-state index in [1.165, 1.54) is 36.9 Å². The van der Waals surface area contributed by atoms with Crippen molar-refractivity contribution >= 4 is 0 Å². The Hall–Kier alpha value is -0.860. The summed E-state index contributed by atoms with van der Waals surface area (Å²) < 4.78 is 0. The number of rotatable bonds is 3. The summed E-state index contributed by atoms with van der Waals surface area (Å²) in [4.78, 5) is 2.20. The molecule has 0 aliphatic carbocycles. The Labute approximate surface area is 98.7 Å². The number of hydrogen-bond donors (Lipinski definition) is 1. The molecule has 2 rings (SSSR count). The summed E-state index contributed by atoms with van der Waals surface area (Å²) in [6, 6.07) is 9.66. The van der Waals surface area contributed by atoms with Crippen molar-refractivity contribution in [2.24, 2.45) is 0 Å². The first-order chi connectivity index (χ1) is 7.75. The van der Waals surface area contributed by atoms with Gasteiger partial charge in [0.1, 0.15) is 0 Å². The SMILES string of the molecule is CN(C)Cc1ccc([C@@H]2CCCCN2)cc1. The highest BCUT2D eigenvalue weighted by Gasteiger charge is 2.13. The standard InChI is InChI=1S/C14H22N2/c1-16(2)11-12-6-8-13(9-7-12)14-5-3-4-10-15-14/h6-9,14-15H,3-5,10-11H2,1-2H3/t14-/m0/s1. The number of nitrogens with one attached hydrogen (secondary N) is 1. The van der Waals surface area contributed by atoms with Gasteiger partial charge in [-0.1, -0.05) is 30.7 Å². The molecule has 0 spiro atoms. The van der Waals surface area contributed by atoms with Gasteiger partial charge < -0.3 is 10.2 Å². The van der Waals surface area contributed by atoms with Gasteiger partial charge in [-0.15, -0.1) is 0 Å². The Morgan fingerprint density at radius 3 is 2.50 bits per heavy atom. The summed E-state index contributed by atoms with van der Waals surface area (Å²) in [5, 5.41) is 3.59. The molecule has 0 unspecified atom stereocenters. The molecule has 1 fully saturated rings. The third-order valence-corrected chi connectivity index (χ3v) is 3.19. The fourth-order valence-corrected chi connectivity index (χ4v) is 2.36. The largest absolute Gasteiger partial charge is 0.310 e. The molecule has 1 aromatic rings. The Bertz CT molecular complexity index is 310. The first-order valence-corrected chi connectivity index (χ1v) is 6.22. The summed E-state index contributed by atoms with van der Waals surface area (Å²) in [6.45, 7) is 2.20. The first-order valence-electron chi connectivity index (χ1n) is 6.22. The molecule has 88 valence electrons. The van der Waals surface area contributed by atoms with Crippen LogP contribution in [-0.2, 0) is 6.54 Å². The van der Waals surface area contributed by atoms with Gasteiger partial charge in [0.15, 0.2) is 0 Å². The summed E-state index contributed by atoms with van der Waals surface area (Å²) in [7, 11) is 4.22. The predicted molar refractivity (Wildman–Crippen MR) is 68.4 cm³/mol. The van der Waals surface area contributed by atoms with Crippen molar-refractivity contribution in [1.29, 1.82) is 0 Å². The Morgan fingerprint density at radius 1 is 1.19 bits per heavy atom. The Kier molecular flexibility index (Phi) is 3.97. The molecule has 0 saturated carbocycles. The second-order valence-corrected chi connectivity index (χ2v) is 4.98. The van der Waals surface area contributed by atoms with Gasteiger partial charge >= 0.3 is 0 Å². The molecule has 1 heterocycles. The molecule has 1 N–H and O–H groups in total. The fraction of sp³-hybridized carbons (Fsp3) is 0.571. The molecule has 1 aliphatic heterocycles. The van der Waals surface area contributed by atoms with Gasteiger partial charge in [0.05, 0.1) is 0 Å². The van der Waals surface area contributed by atoms with E-state index >= 15 is 0 Å². The van der Waals surface area contributed by atoms with E-state index in [0.29, 0.717) is 6.04 Å². The summed E-state index contributed by atoms with van der Waals surface area (Å²) >= 11 is 0. The molecular weight excluding hydrogens is 196 g/mol. The van der Waals surface area contributed by atoms with Gasteiger partial charge in [0.25, 0.3) is 0 Å². The van der Waals surface area contributed by atoms with Crippen molar-refractivity contribution < 1.29 is 0 Å². The lowest BCUT2D eigenvalue weighted by molar-refractivity contribution is 0.401. The van der Waals surface area contributed by atoms with E-state index in [4.69, 9.17) is 0 Å². The van der Waals surface area contributed by atoms with Gasteiger partial charge in [0, 0.05) is 12.6 Å². The fourth-order valence-electron chi connectivity index (χ4n) is 2.36. The van der Waals surface area contributed by atoms with Crippen LogP contribution >= 0.6 is 0 Å². The van der Waals surface area contributed by atoms with Crippen LogP contribution in [0.15, 0.2) is 24.3 Å². The van der Waals surface area contributed by atoms with Crippen molar-refractivity contribution in [2.75, 3.05) is 20.6 Å². The average molecular weight is 218 g/mol. The van der Waals surface area contributed by atoms with Crippen LogP contribution in [0, 0.1) is 0 Å². The van der Waals surface area contributed by atoms with Crippen molar-refractivity contribution in [1.82, 2.24) is 10.2 Å². The Balaban J connectivity index is 2.00. The van der Waals surface area contributed by atoms with E-state index < -0.39 is 0 Å². The molecule has 1 aliphatic rings. The van der Waals surface area contributed by atoms with Gasteiger partial charge in [-0.2, -0.15) is 0 Å². The molecule has 1 saturated heterocycles. The smallest absolute Gasteiger partial charge is 0.0320 e. The first kappa shape index (κ1) is 11.6. The number of benzene rings is 1. The van der Waals surface area contributed by atoms with Crippen LogP contribution in [0.25, 0.3) is 0 Å². The molecule has 1 aromatic carbocycles. The van der Waals surface area contributed by atoms with E-state index in [2.05, 4.69) is 48.6 Å². The lowest BCUT2D eigenvalue weighted by atomic mass is 9.97. The lowest BCUT2D eigenvalue weighted by Gasteiger charge is -2.24. The second-order valence-electron chi connectivity index (χ2n) is 4.98. The lowest BCUT2D eigenvalue weighted by Crippen LogP contribution is -2.26. The highest BCUT2D eigenvalue weighted by Crippen LogP contribution is 2.23. The third kappa shape index (κ3) is 3.06. The highest BCUT2D eigenvalue weighted by atomic mass is 15.0. The van der Waals surface area contributed by atoms with E-state index in [0.717, 1.165) is 6.54 Å². The quantitative estimate of drug-likeness (QED) is 0.839. The maximum atomic E-state index is 3.59. The van der Waals surface area contributed by atoms with E-state index in [-0.39, 0.29) is 0 Å². The van der Waals surface area contributed by atoms with E-state index in [1.807, 2.05) is 0 Å². The van der Waals surface area contributed by atoms with Crippen LogP contribution < -0.4 is 5.32 Å². The van der Waals surface area contributed by atoms with Crippen molar-refractivity contribution in [3.8, 4) is 0 Å². The predicted octanol–water partition coefficient (Wildman–Crippen LogP) is 2.56. The molecule has 16 heavy (non-hydrogen) atoms. The minimum Gasteiger partial charge on any atom is -0.310 e. The maximum Gasteiger partial charge on any atom is 0.0320 e. The molecule has 1 atom stereocenters. The summed E-state index contributed by atoms with van der Waals surface area (Å²) in [5.74, 6) is 0. The zero-order chi connectivity index (χ0) is 11.4. The number of hydrogen-bond acceptors (Lipinski definition) is 2. The second kappa shape index (κ2) is 5.46. The zero-order valence-electron chi connectivity index (χ0n) is 10.4. The van der Waals surface area contributed by atoms with E-state index in [9.17, 15) is 0 Å². The topological polar surface area (TPSA) is 15.3 Å². The Morgan fingerprint density at radius 2 is 1.94 bits per heavy atom. The number of nitrogens with zero attached hydrogens (tertiary/aromatic N) is 1. The van der Waals surface area contributed by atoms with Crippen LogP contribution in [-0.4, -0.2) is 25.5 Å². The number of piperidine rings is 1. The molecular formula is C14H22N2. The average Bonchev–Trinajstić information content (AvgIpc) is 2.30. The van der Waals surface area contributed by atoms with Gasteiger partial charge in [-0.05, 0) is 44.6 Å². The molecule has 0 amide bonds. The molecule has 0 bridgehead atoms. The van der Waals surface area contributed by atoms with Crippen LogP contribution in [0.5, 0.6) is 0 Å². The van der Waals surface area contributed by atoms with E-state index in [1.54, 1.807) is 0 Å². The third-order valence-electron chi connectivity index (χ3n) is 3.19. The highest BCUT2D eigenvalue weighted by molar-refractivity contribution is 5.25. The van der Waals surface area contributed by atoms with Crippen molar-refractivity contribution in [3.05, 3.63) is 35.4 Å². The normalized spacial score (nSPS) is 21.3. The van der Waals surface area contributed by atoms with Crippen LogP contribution in [0.4, 0.5) is 0 Å². The molecule has 2 heteroatoms. The van der Waals surface area contributed by atoms with Crippen molar-refractivity contribution in [2.45, 2.75) is 31.8 Å². The van der Waals surface area contributed by atoms with Gasteiger partial charge in [-0.25, -0.2) is 0 Å². The van der Waals surface area contributed by atoms with Gasteiger partial charge in [-0.3, -0.25) is 0 Å². The molecule has 0 aromatic heterocycles. The maximum absolute atomic E-state index is 3.59. The van der Waals surface area contributed by atoms with Crippen LogP contribution in [0.3, 0.4) is 0 Å². The van der Waals surface area contributed by atoms with Crippen LogP contribution in [0.2, 0.25) is 0 Å². The minimum absolute atomic E-state index is 0.585. The minimum atomic E-state index is 0.585. The summed E-state index contributed by atoms with van der Waals surface area (Å²) in [5.41, 5.74) is 2.84. The monoisotopic (exact) mass is 218 g/mol. The van der Waals surface area contributed by atoms with Crippen LogP contribution in [0.1, 0.15) is 36.4 Å². The van der Waals surface area contributed by atoms with Gasteiger partial charge in [0.2, 0.25) is 0 Å². The molecule has 2 nitrogen and oxygen atoms in total. The van der Waals surface area contributed by atoms with Crippen molar-refractivity contribution in [3.63, 3.8) is 0 Å². The molecule has 0 radical (unpaired) electrons. The summed E-state index contributed by atoms with van der Waals surface area (Å²) in [6.07, 6.45) is 3.97. The zero-order valence-corrected chi connectivity index (χ0v) is 10.4.